The van der Waals surface area contributed by atoms with E-state index < -0.39 is 0 Å². The molecule has 2 heterocycles. The molecule has 0 aliphatic rings. The topological polar surface area (TPSA) is 62.2 Å². The fourth-order valence-corrected chi connectivity index (χ4v) is 3.68. The van der Waals surface area contributed by atoms with Gasteiger partial charge in [0, 0.05) is 30.0 Å². The minimum absolute atomic E-state index is 0.192. The maximum atomic E-state index is 12.9. The summed E-state index contributed by atoms with van der Waals surface area (Å²) in [6.07, 6.45) is 4.55. The molecule has 124 valence electrons. The standard InChI is InChI=1S/C16H16BrN5OS/c1-21(2)7-8-22(15(23)13-10-18-5-6-19-13)16-20-12-4-3-11(17)9-14(12)24-16/h3-6,9-10H,7-8H2,1-2H3. The van der Waals surface area contributed by atoms with Crippen LogP contribution in [0.4, 0.5) is 5.13 Å². The van der Waals surface area contributed by atoms with Crippen molar-refractivity contribution in [3.8, 4) is 0 Å². The first-order chi connectivity index (χ1) is 11.5. The third-order valence-corrected chi connectivity index (χ3v) is 4.90. The van der Waals surface area contributed by atoms with Gasteiger partial charge >= 0.3 is 0 Å². The number of hydrogen-bond acceptors (Lipinski definition) is 6. The van der Waals surface area contributed by atoms with Gasteiger partial charge in [0.25, 0.3) is 5.91 Å². The second-order valence-corrected chi connectivity index (χ2v) is 7.38. The van der Waals surface area contributed by atoms with Crippen LogP contribution in [0.3, 0.4) is 0 Å². The first kappa shape index (κ1) is 16.9. The number of halogens is 1. The van der Waals surface area contributed by atoms with Crippen molar-refractivity contribution in [3.05, 3.63) is 47.0 Å². The monoisotopic (exact) mass is 405 g/mol. The number of carbonyl (C=O) groups is 1. The minimum Gasteiger partial charge on any atom is -0.308 e. The van der Waals surface area contributed by atoms with Gasteiger partial charge in [-0.1, -0.05) is 27.3 Å². The van der Waals surface area contributed by atoms with E-state index in [0.717, 1.165) is 21.2 Å². The average Bonchev–Trinajstić information content (AvgIpc) is 2.98. The lowest BCUT2D eigenvalue weighted by molar-refractivity contribution is 0.0980. The number of likely N-dealkylation sites (N-methyl/N-ethyl adjacent to an activating group) is 1. The van der Waals surface area contributed by atoms with Crippen LogP contribution < -0.4 is 4.90 Å². The highest BCUT2D eigenvalue weighted by molar-refractivity contribution is 9.10. The Hall–Kier alpha value is -1.90. The van der Waals surface area contributed by atoms with E-state index in [-0.39, 0.29) is 5.91 Å². The van der Waals surface area contributed by atoms with Crippen LogP contribution in [-0.4, -0.2) is 52.9 Å². The molecule has 0 N–H and O–H groups in total. The normalized spacial score (nSPS) is 11.2. The predicted molar refractivity (Wildman–Crippen MR) is 99.6 cm³/mol. The summed E-state index contributed by atoms with van der Waals surface area (Å²) in [6.45, 7) is 1.26. The molecular weight excluding hydrogens is 390 g/mol. The maximum absolute atomic E-state index is 12.9. The molecule has 1 aromatic carbocycles. The van der Waals surface area contributed by atoms with Crippen LogP contribution in [-0.2, 0) is 0 Å². The van der Waals surface area contributed by atoms with Crippen LogP contribution in [0.15, 0.2) is 41.3 Å². The zero-order chi connectivity index (χ0) is 17.1. The highest BCUT2D eigenvalue weighted by Crippen LogP contribution is 2.31. The third-order valence-electron chi connectivity index (χ3n) is 3.37. The summed E-state index contributed by atoms with van der Waals surface area (Å²) in [5, 5.41) is 0.667. The van der Waals surface area contributed by atoms with Gasteiger partial charge in [-0.3, -0.25) is 14.7 Å². The van der Waals surface area contributed by atoms with Gasteiger partial charge in [0.1, 0.15) is 5.69 Å². The number of aromatic nitrogens is 3. The third kappa shape index (κ3) is 3.77. The molecule has 0 unspecified atom stereocenters. The molecule has 0 fully saturated rings. The Kier molecular flexibility index (Phi) is 5.17. The van der Waals surface area contributed by atoms with Crippen molar-refractivity contribution in [1.29, 1.82) is 0 Å². The molecular formula is C16H16BrN5OS. The molecule has 1 amide bonds. The molecule has 8 heteroatoms. The molecule has 0 saturated heterocycles. The van der Waals surface area contributed by atoms with Gasteiger partial charge in [0.05, 0.1) is 16.4 Å². The molecule has 3 rings (SSSR count). The van der Waals surface area contributed by atoms with E-state index in [2.05, 4.69) is 30.9 Å². The quantitative estimate of drug-likeness (QED) is 0.652. The maximum Gasteiger partial charge on any atom is 0.280 e. The molecule has 0 radical (unpaired) electrons. The second kappa shape index (κ2) is 7.33. The lowest BCUT2D eigenvalue weighted by Gasteiger charge is -2.21. The molecule has 2 aromatic heterocycles. The summed E-state index contributed by atoms with van der Waals surface area (Å²) in [6, 6.07) is 5.89. The largest absolute Gasteiger partial charge is 0.308 e. The summed E-state index contributed by atoms with van der Waals surface area (Å²) in [4.78, 5) is 29.3. The highest BCUT2D eigenvalue weighted by atomic mass is 79.9. The van der Waals surface area contributed by atoms with Crippen LogP contribution >= 0.6 is 27.3 Å². The van der Waals surface area contributed by atoms with E-state index in [4.69, 9.17) is 0 Å². The number of carbonyl (C=O) groups excluding carboxylic acids is 1. The average molecular weight is 406 g/mol. The fraction of sp³-hybridized carbons (Fsp3) is 0.250. The van der Waals surface area contributed by atoms with Crippen molar-refractivity contribution in [2.45, 2.75) is 0 Å². The Labute approximate surface area is 152 Å². The van der Waals surface area contributed by atoms with E-state index >= 15 is 0 Å². The number of thiazole rings is 1. The number of fused-ring (bicyclic) bond motifs is 1. The smallest absolute Gasteiger partial charge is 0.280 e. The van der Waals surface area contributed by atoms with Crippen LogP contribution in [0.5, 0.6) is 0 Å². The van der Waals surface area contributed by atoms with E-state index in [9.17, 15) is 4.79 Å². The summed E-state index contributed by atoms with van der Waals surface area (Å²) in [7, 11) is 3.95. The van der Waals surface area contributed by atoms with Crippen molar-refractivity contribution in [1.82, 2.24) is 19.9 Å². The van der Waals surface area contributed by atoms with Gasteiger partial charge in [-0.25, -0.2) is 9.97 Å². The van der Waals surface area contributed by atoms with Crippen LogP contribution in [0.1, 0.15) is 10.5 Å². The van der Waals surface area contributed by atoms with Crippen LogP contribution in [0.25, 0.3) is 10.2 Å². The van der Waals surface area contributed by atoms with Crippen molar-refractivity contribution < 1.29 is 4.79 Å². The summed E-state index contributed by atoms with van der Waals surface area (Å²) >= 11 is 4.96. The SMILES string of the molecule is CN(C)CCN(C(=O)c1cnccn1)c1nc2ccc(Br)cc2s1. The predicted octanol–water partition coefficient (Wildman–Crippen LogP) is 3.06. The van der Waals surface area contributed by atoms with Gasteiger partial charge in [0.2, 0.25) is 0 Å². The molecule has 0 bridgehead atoms. The molecule has 6 nitrogen and oxygen atoms in total. The molecule has 0 saturated carbocycles. The number of hydrogen-bond donors (Lipinski definition) is 0. The molecule has 0 aliphatic carbocycles. The van der Waals surface area contributed by atoms with Gasteiger partial charge in [-0.05, 0) is 32.3 Å². The first-order valence-corrected chi connectivity index (χ1v) is 8.94. The molecule has 24 heavy (non-hydrogen) atoms. The van der Waals surface area contributed by atoms with Gasteiger partial charge in [-0.15, -0.1) is 0 Å². The number of rotatable bonds is 5. The Morgan fingerprint density at radius 2 is 2.08 bits per heavy atom. The Morgan fingerprint density at radius 3 is 2.79 bits per heavy atom. The highest BCUT2D eigenvalue weighted by Gasteiger charge is 2.22. The lowest BCUT2D eigenvalue weighted by atomic mass is 10.3. The van der Waals surface area contributed by atoms with Crippen LogP contribution in [0.2, 0.25) is 0 Å². The molecule has 0 atom stereocenters. The van der Waals surface area contributed by atoms with Crippen LogP contribution in [0, 0.1) is 0 Å². The van der Waals surface area contributed by atoms with E-state index in [1.165, 1.54) is 23.7 Å². The van der Waals surface area contributed by atoms with Gasteiger partial charge in [0.15, 0.2) is 5.13 Å². The Balaban J connectivity index is 1.97. The zero-order valence-electron chi connectivity index (χ0n) is 13.3. The first-order valence-electron chi connectivity index (χ1n) is 7.33. The van der Waals surface area contributed by atoms with E-state index in [0.29, 0.717) is 17.4 Å². The number of benzene rings is 1. The van der Waals surface area contributed by atoms with E-state index in [1.807, 2.05) is 37.2 Å². The Bertz CT molecular complexity index is 852. The number of amides is 1. The number of anilines is 1. The van der Waals surface area contributed by atoms with Gasteiger partial charge in [-0.2, -0.15) is 0 Å². The fourth-order valence-electron chi connectivity index (χ4n) is 2.13. The summed E-state index contributed by atoms with van der Waals surface area (Å²) in [5.41, 5.74) is 1.19. The number of nitrogens with zero attached hydrogens (tertiary/aromatic N) is 5. The van der Waals surface area contributed by atoms with Gasteiger partial charge < -0.3 is 4.90 Å². The summed E-state index contributed by atoms with van der Waals surface area (Å²) in [5.74, 6) is -0.192. The second-order valence-electron chi connectivity index (χ2n) is 5.46. The molecule has 0 aliphatic heterocycles. The zero-order valence-corrected chi connectivity index (χ0v) is 15.7. The molecule has 0 spiro atoms. The van der Waals surface area contributed by atoms with Crippen molar-refractivity contribution >= 4 is 48.5 Å². The van der Waals surface area contributed by atoms with Crippen molar-refractivity contribution in [2.24, 2.45) is 0 Å². The molecule has 3 aromatic rings. The Morgan fingerprint density at radius 1 is 1.25 bits per heavy atom. The van der Waals surface area contributed by atoms with E-state index in [1.54, 1.807) is 11.1 Å². The lowest BCUT2D eigenvalue weighted by Crippen LogP contribution is -2.37. The summed E-state index contributed by atoms with van der Waals surface area (Å²) < 4.78 is 2.02. The minimum atomic E-state index is -0.192. The van der Waals surface area contributed by atoms with Crippen molar-refractivity contribution in [2.75, 3.05) is 32.1 Å². The van der Waals surface area contributed by atoms with Crippen molar-refractivity contribution in [3.63, 3.8) is 0 Å².